The van der Waals surface area contributed by atoms with E-state index in [1.54, 1.807) is 0 Å². The average Bonchev–Trinajstić information content (AvgIpc) is 1.97. The molecule has 5 heteroatoms. The van der Waals surface area contributed by atoms with Gasteiger partial charge in [-0.05, 0) is 20.8 Å². The van der Waals surface area contributed by atoms with Gasteiger partial charge in [0, 0.05) is 18.4 Å². The molecule has 2 N–H and O–H groups in total. The van der Waals surface area contributed by atoms with Gasteiger partial charge in [0.15, 0.2) is 0 Å². The molecule has 0 heterocycles. The lowest BCUT2D eigenvalue weighted by molar-refractivity contribution is -0.119. The Kier molecular flexibility index (Phi) is 3.23. The summed E-state index contributed by atoms with van der Waals surface area (Å²) in [6.45, 7) is 5.13. The van der Waals surface area contributed by atoms with Crippen molar-refractivity contribution in [1.29, 1.82) is 0 Å². The van der Waals surface area contributed by atoms with Gasteiger partial charge in [-0.3, -0.25) is 0 Å². The van der Waals surface area contributed by atoms with Crippen molar-refractivity contribution >= 4 is 6.09 Å². The number of halogens is 1. The van der Waals surface area contributed by atoms with Crippen LogP contribution in [0.3, 0.4) is 0 Å². The van der Waals surface area contributed by atoms with Gasteiger partial charge in [0.2, 0.25) is 0 Å². The van der Waals surface area contributed by atoms with Crippen molar-refractivity contribution in [2.45, 2.75) is 50.9 Å². The lowest BCUT2D eigenvalue weighted by Gasteiger charge is -2.42. The van der Waals surface area contributed by atoms with E-state index < -0.39 is 23.4 Å². The Morgan fingerprint density at radius 2 is 2.13 bits per heavy atom. The highest BCUT2D eigenvalue weighted by molar-refractivity contribution is 5.68. The Morgan fingerprint density at radius 1 is 1.60 bits per heavy atom. The smallest absolute Gasteiger partial charge is 0.408 e. The normalized spacial score (nSPS) is 30.6. The topological polar surface area (TPSA) is 58.6 Å². The van der Waals surface area contributed by atoms with Gasteiger partial charge in [-0.2, -0.15) is 0 Å². The minimum Gasteiger partial charge on any atom is -0.440 e. The zero-order chi connectivity index (χ0) is 11.7. The summed E-state index contributed by atoms with van der Waals surface area (Å²) >= 11 is 0. The Labute approximate surface area is 88.8 Å². The van der Waals surface area contributed by atoms with Crippen LogP contribution in [0.15, 0.2) is 0 Å². The fraction of sp³-hybridized carbons (Fsp3) is 0.900. The maximum Gasteiger partial charge on any atom is 0.408 e. The molecule has 1 aliphatic rings. The quantitative estimate of drug-likeness (QED) is 0.737. The number of aliphatic hydroxyl groups excluding tert-OH is 1. The Bertz CT molecular complexity index is 244. The van der Waals surface area contributed by atoms with Crippen LogP contribution in [0.1, 0.15) is 33.6 Å². The number of amides is 1. The monoisotopic (exact) mass is 219 g/mol. The van der Waals surface area contributed by atoms with Crippen molar-refractivity contribution in [3.8, 4) is 0 Å². The highest BCUT2D eigenvalue weighted by Crippen LogP contribution is 2.37. The van der Waals surface area contributed by atoms with E-state index in [4.69, 9.17) is 9.84 Å². The van der Waals surface area contributed by atoms with Crippen LogP contribution < -0.4 is 5.32 Å². The summed E-state index contributed by atoms with van der Waals surface area (Å²) in [6.07, 6.45) is -1.41. The van der Waals surface area contributed by atoms with Gasteiger partial charge in [-0.15, -0.1) is 0 Å². The van der Waals surface area contributed by atoms with Gasteiger partial charge in [-0.1, -0.05) is 0 Å². The summed E-state index contributed by atoms with van der Waals surface area (Å²) in [5, 5.41) is 11.6. The molecule has 1 aliphatic carbocycles. The SMILES string of the molecule is CC(C)(C)NC(=O)OC1(CO)CC(F)C1. The second-order valence-corrected chi connectivity index (χ2v) is 5.11. The van der Waals surface area contributed by atoms with Crippen LogP contribution in [0.2, 0.25) is 0 Å². The molecule has 0 aromatic carbocycles. The first kappa shape index (κ1) is 12.2. The third kappa shape index (κ3) is 3.34. The third-order valence-corrected chi connectivity index (χ3v) is 2.26. The van der Waals surface area contributed by atoms with Gasteiger partial charge < -0.3 is 15.2 Å². The molecule has 1 saturated carbocycles. The standard InChI is InChI=1S/C10H18FNO3/c1-9(2,3)12-8(14)15-10(6-13)4-7(11)5-10/h7,13H,4-6H2,1-3H3,(H,12,14). The first-order valence-electron chi connectivity index (χ1n) is 5.02. The van der Waals surface area contributed by atoms with E-state index >= 15 is 0 Å². The Balaban J connectivity index is 2.44. The third-order valence-electron chi connectivity index (χ3n) is 2.26. The molecule has 88 valence electrons. The number of hydrogen-bond donors (Lipinski definition) is 2. The van der Waals surface area contributed by atoms with E-state index in [9.17, 15) is 9.18 Å². The van der Waals surface area contributed by atoms with E-state index in [1.807, 2.05) is 20.8 Å². The maximum atomic E-state index is 12.7. The molecule has 1 fully saturated rings. The lowest BCUT2D eigenvalue weighted by atomic mass is 9.79. The van der Waals surface area contributed by atoms with Crippen molar-refractivity contribution in [3.05, 3.63) is 0 Å². The summed E-state index contributed by atoms with van der Waals surface area (Å²) in [6, 6.07) is 0. The number of alkyl halides is 1. The zero-order valence-electron chi connectivity index (χ0n) is 9.34. The van der Waals surface area contributed by atoms with E-state index in [-0.39, 0.29) is 19.4 Å². The maximum absolute atomic E-state index is 12.7. The van der Waals surface area contributed by atoms with Gasteiger partial charge in [0.05, 0.1) is 6.61 Å². The minimum atomic E-state index is -1.01. The number of ether oxygens (including phenoxy) is 1. The molecule has 0 aliphatic heterocycles. The van der Waals surface area contributed by atoms with Crippen LogP contribution in [-0.4, -0.2) is 35.1 Å². The molecule has 1 amide bonds. The zero-order valence-corrected chi connectivity index (χ0v) is 9.34. The second-order valence-electron chi connectivity index (χ2n) is 5.11. The van der Waals surface area contributed by atoms with E-state index in [1.165, 1.54) is 0 Å². The molecule has 15 heavy (non-hydrogen) atoms. The molecule has 1 rings (SSSR count). The fourth-order valence-electron chi connectivity index (χ4n) is 1.52. The molecule has 0 saturated heterocycles. The highest BCUT2D eigenvalue weighted by Gasteiger charge is 2.48. The van der Waals surface area contributed by atoms with E-state index in [0.717, 1.165) is 0 Å². The largest absolute Gasteiger partial charge is 0.440 e. The Hall–Kier alpha value is -0.840. The molecular formula is C10H18FNO3. The second kappa shape index (κ2) is 3.96. The molecule has 0 aromatic rings. The predicted octanol–water partition coefficient (Wildman–Crippen LogP) is 1.37. The molecule has 0 aromatic heterocycles. The number of nitrogens with one attached hydrogen (secondary N) is 1. The van der Waals surface area contributed by atoms with Crippen LogP contribution >= 0.6 is 0 Å². The summed E-state index contributed by atoms with van der Waals surface area (Å²) in [5.74, 6) is 0. The van der Waals surface area contributed by atoms with E-state index in [2.05, 4.69) is 5.32 Å². The number of hydrogen-bond acceptors (Lipinski definition) is 3. The van der Waals surface area contributed by atoms with Crippen LogP contribution in [0.5, 0.6) is 0 Å². The molecule has 0 spiro atoms. The van der Waals surface area contributed by atoms with Crippen molar-refractivity contribution in [2.24, 2.45) is 0 Å². The number of rotatable bonds is 2. The van der Waals surface area contributed by atoms with Gasteiger partial charge in [-0.25, -0.2) is 9.18 Å². The van der Waals surface area contributed by atoms with Gasteiger partial charge in [0.1, 0.15) is 11.8 Å². The lowest BCUT2D eigenvalue weighted by Crippen LogP contribution is -2.54. The van der Waals surface area contributed by atoms with Crippen molar-refractivity contribution in [1.82, 2.24) is 5.32 Å². The first-order chi connectivity index (χ1) is 6.76. The van der Waals surface area contributed by atoms with Crippen molar-refractivity contribution in [3.63, 3.8) is 0 Å². The molecule has 4 nitrogen and oxygen atoms in total. The van der Waals surface area contributed by atoms with E-state index in [0.29, 0.717) is 0 Å². The molecule has 0 radical (unpaired) electrons. The minimum absolute atomic E-state index is 0.0844. The number of alkyl carbamates (subject to hydrolysis) is 1. The van der Waals surface area contributed by atoms with Crippen LogP contribution in [0.4, 0.5) is 9.18 Å². The molecule has 0 bridgehead atoms. The predicted molar refractivity (Wildman–Crippen MR) is 53.3 cm³/mol. The summed E-state index contributed by atoms with van der Waals surface area (Å²) in [4.78, 5) is 11.4. The Morgan fingerprint density at radius 3 is 2.47 bits per heavy atom. The molecular weight excluding hydrogens is 201 g/mol. The summed E-state index contributed by atoms with van der Waals surface area (Å²) in [5.41, 5.74) is -1.40. The summed E-state index contributed by atoms with van der Waals surface area (Å²) in [7, 11) is 0. The first-order valence-corrected chi connectivity index (χ1v) is 5.02. The number of aliphatic hydroxyl groups is 1. The van der Waals surface area contributed by atoms with Crippen molar-refractivity contribution in [2.75, 3.05) is 6.61 Å². The number of carbonyl (C=O) groups is 1. The summed E-state index contributed by atoms with van der Waals surface area (Å²) < 4.78 is 17.7. The van der Waals surface area contributed by atoms with Crippen LogP contribution in [0, 0.1) is 0 Å². The van der Waals surface area contributed by atoms with Crippen LogP contribution in [0.25, 0.3) is 0 Å². The highest BCUT2D eigenvalue weighted by atomic mass is 19.1. The number of carbonyl (C=O) groups excluding carboxylic acids is 1. The fourth-order valence-corrected chi connectivity index (χ4v) is 1.52. The van der Waals surface area contributed by atoms with Crippen LogP contribution in [-0.2, 0) is 4.74 Å². The van der Waals surface area contributed by atoms with Crippen molar-refractivity contribution < 1.29 is 19.0 Å². The molecule has 0 unspecified atom stereocenters. The van der Waals surface area contributed by atoms with Gasteiger partial charge >= 0.3 is 6.09 Å². The average molecular weight is 219 g/mol. The van der Waals surface area contributed by atoms with Gasteiger partial charge in [0.25, 0.3) is 0 Å². The molecule has 0 atom stereocenters.